The third kappa shape index (κ3) is 3.39. The number of aryl methyl sites for hydroxylation is 1. The highest BCUT2D eigenvalue weighted by Gasteiger charge is 2.46. The summed E-state index contributed by atoms with van der Waals surface area (Å²) < 4.78 is 51.4. The van der Waals surface area contributed by atoms with Crippen LogP contribution in [0.2, 0.25) is 0 Å². The molecule has 2 aromatic carbocycles. The van der Waals surface area contributed by atoms with E-state index in [1.54, 1.807) is 11.3 Å². The molecule has 0 saturated heterocycles. The number of hydrogen-bond acceptors (Lipinski definition) is 5. The van der Waals surface area contributed by atoms with Gasteiger partial charge in [0.15, 0.2) is 17.4 Å². The minimum Gasteiger partial charge on any atom is -0.490 e. The van der Waals surface area contributed by atoms with Crippen LogP contribution in [0.25, 0.3) is 16.7 Å². The molecule has 1 unspecified atom stereocenters. The fraction of sp³-hybridized carbons (Fsp3) is 0.346. The van der Waals surface area contributed by atoms with E-state index < -0.39 is 23.2 Å². The van der Waals surface area contributed by atoms with Gasteiger partial charge in [-0.2, -0.15) is 4.98 Å². The lowest BCUT2D eigenvalue weighted by Gasteiger charge is -2.25. The second kappa shape index (κ2) is 7.87. The van der Waals surface area contributed by atoms with Crippen molar-refractivity contribution in [3.63, 3.8) is 0 Å². The summed E-state index contributed by atoms with van der Waals surface area (Å²) in [7, 11) is 0. The molecule has 2 aromatic heterocycles. The molecule has 1 aliphatic heterocycles. The lowest BCUT2D eigenvalue weighted by Crippen LogP contribution is -2.20. The Bertz CT molecular complexity index is 1550. The topological polar surface area (TPSA) is 55.5 Å². The van der Waals surface area contributed by atoms with Crippen molar-refractivity contribution in [2.24, 2.45) is 5.41 Å². The monoisotopic (exact) mass is 477 g/mol. The third-order valence-corrected chi connectivity index (χ3v) is 6.86. The van der Waals surface area contributed by atoms with Gasteiger partial charge in [-0.05, 0) is 57.4 Å². The van der Waals surface area contributed by atoms with Crippen LogP contribution < -0.4 is 9.64 Å². The van der Waals surface area contributed by atoms with Crippen molar-refractivity contribution in [1.82, 2.24) is 19.6 Å². The number of aromatic nitrogens is 4. The minimum absolute atomic E-state index is 0.0351. The lowest BCUT2D eigenvalue weighted by molar-refractivity contribution is 0.278. The molecule has 1 fully saturated rings. The van der Waals surface area contributed by atoms with Gasteiger partial charge in [-0.3, -0.25) is 4.40 Å². The summed E-state index contributed by atoms with van der Waals surface area (Å²) in [5.41, 5.74) is 1.08. The Labute approximate surface area is 199 Å². The largest absolute Gasteiger partial charge is 0.490 e. The van der Waals surface area contributed by atoms with Gasteiger partial charge >= 0.3 is 0 Å². The number of hydrogen-bond donors (Lipinski definition) is 0. The number of halogens is 3. The maximum Gasteiger partial charge on any atom is 0.257 e. The van der Waals surface area contributed by atoms with Crippen LogP contribution in [0.4, 0.5) is 24.7 Å². The highest BCUT2D eigenvalue weighted by Crippen LogP contribution is 2.49. The zero-order valence-electron chi connectivity index (χ0n) is 19.3. The van der Waals surface area contributed by atoms with Gasteiger partial charge in [-0.1, -0.05) is 17.9 Å². The smallest absolute Gasteiger partial charge is 0.257 e. The van der Waals surface area contributed by atoms with Crippen LogP contribution in [0.3, 0.4) is 0 Å². The Hall–Kier alpha value is -3.80. The molecule has 3 heterocycles. The fourth-order valence-corrected chi connectivity index (χ4v) is 4.66. The van der Waals surface area contributed by atoms with E-state index in [4.69, 9.17) is 4.74 Å². The van der Waals surface area contributed by atoms with Gasteiger partial charge < -0.3 is 9.64 Å². The van der Waals surface area contributed by atoms with Crippen molar-refractivity contribution in [1.29, 1.82) is 0 Å². The molecule has 1 aliphatic carbocycles. The lowest BCUT2D eigenvalue weighted by atomic mass is 10.0. The van der Waals surface area contributed by atoms with E-state index in [9.17, 15) is 8.78 Å². The molecule has 0 radical (unpaired) electrons. The van der Waals surface area contributed by atoms with Gasteiger partial charge in [-0.15, -0.1) is 10.2 Å². The molecule has 0 spiro atoms. The van der Waals surface area contributed by atoms with Crippen molar-refractivity contribution in [2.75, 3.05) is 18.1 Å². The molecular formula is C26H22F3N5O. The summed E-state index contributed by atoms with van der Waals surface area (Å²) in [4.78, 5) is 6.42. The zero-order chi connectivity index (χ0) is 24.3. The van der Waals surface area contributed by atoms with Crippen molar-refractivity contribution < 1.29 is 17.9 Å². The highest BCUT2D eigenvalue weighted by atomic mass is 19.2. The van der Waals surface area contributed by atoms with Crippen LogP contribution in [-0.2, 0) is 0 Å². The molecule has 6 rings (SSSR count). The van der Waals surface area contributed by atoms with Crippen LogP contribution in [0.5, 0.6) is 5.75 Å². The molecule has 2 aliphatic rings. The molecule has 0 amide bonds. The summed E-state index contributed by atoms with van der Waals surface area (Å²) in [6.45, 7) is 4.13. The first-order valence-corrected chi connectivity index (χ1v) is 11.6. The Kier molecular flexibility index (Phi) is 4.88. The van der Waals surface area contributed by atoms with Gasteiger partial charge in [0.1, 0.15) is 17.8 Å². The number of alkyl halides is 1. The Morgan fingerprint density at radius 1 is 1.14 bits per heavy atom. The zero-order valence-corrected chi connectivity index (χ0v) is 19.3. The maximum atomic E-state index is 15.3. The molecule has 9 heteroatoms. The van der Waals surface area contributed by atoms with E-state index in [0.717, 1.165) is 18.9 Å². The van der Waals surface area contributed by atoms with E-state index in [1.165, 1.54) is 13.0 Å². The number of rotatable bonds is 2. The summed E-state index contributed by atoms with van der Waals surface area (Å²) in [5.74, 6) is 5.83. The average Bonchev–Trinajstić information content (AvgIpc) is 3.60. The predicted octanol–water partition coefficient (Wildman–Crippen LogP) is 5.27. The van der Waals surface area contributed by atoms with Crippen LogP contribution in [0.1, 0.15) is 37.6 Å². The van der Waals surface area contributed by atoms with E-state index in [2.05, 4.69) is 27.0 Å². The Morgan fingerprint density at radius 3 is 2.74 bits per heavy atom. The van der Waals surface area contributed by atoms with Crippen molar-refractivity contribution in [2.45, 2.75) is 39.3 Å². The summed E-state index contributed by atoms with van der Waals surface area (Å²) in [5, 5.41) is 8.23. The SMILES string of the molecule is Cc1nnc2nc(N3CCCOc4c(C#CC5(C(C)F)CC5)cccc43)c3c(F)c(F)ccc3n12. The summed E-state index contributed by atoms with van der Waals surface area (Å²) >= 11 is 0. The van der Waals surface area contributed by atoms with Gasteiger partial charge in [0.2, 0.25) is 0 Å². The van der Waals surface area contributed by atoms with Crippen LogP contribution in [0, 0.1) is 35.8 Å². The van der Waals surface area contributed by atoms with Crippen LogP contribution in [-0.4, -0.2) is 38.9 Å². The normalized spacial score (nSPS) is 17.3. The molecule has 0 bridgehead atoms. The van der Waals surface area contributed by atoms with Gasteiger partial charge in [-0.25, -0.2) is 13.2 Å². The summed E-state index contributed by atoms with van der Waals surface area (Å²) in [6, 6.07) is 8.08. The highest BCUT2D eigenvalue weighted by molar-refractivity contribution is 5.95. The van der Waals surface area contributed by atoms with Gasteiger partial charge in [0.05, 0.1) is 34.2 Å². The molecule has 1 saturated carbocycles. The first-order valence-electron chi connectivity index (χ1n) is 11.6. The molecule has 0 N–H and O–H groups in total. The van der Waals surface area contributed by atoms with E-state index >= 15 is 4.39 Å². The van der Waals surface area contributed by atoms with Gasteiger partial charge in [0, 0.05) is 6.54 Å². The van der Waals surface area contributed by atoms with Crippen molar-refractivity contribution >= 4 is 28.2 Å². The Morgan fingerprint density at radius 2 is 1.97 bits per heavy atom. The van der Waals surface area contributed by atoms with Crippen molar-refractivity contribution in [3.05, 3.63) is 53.4 Å². The fourth-order valence-electron chi connectivity index (χ4n) is 4.66. The first-order chi connectivity index (χ1) is 16.9. The molecule has 4 aromatic rings. The summed E-state index contributed by atoms with van der Waals surface area (Å²) in [6.07, 6.45) is 1.07. The number of fused-ring (bicyclic) bond motifs is 4. The second-order valence-electron chi connectivity index (χ2n) is 9.10. The van der Waals surface area contributed by atoms with E-state index in [1.807, 2.05) is 23.1 Å². The Balaban J connectivity index is 1.57. The second-order valence-corrected chi connectivity index (χ2v) is 9.10. The van der Waals surface area contributed by atoms with Crippen LogP contribution in [0.15, 0.2) is 30.3 Å². The number of anilines is 2. The standard InChI is InChI=1S/C26H22F3N5O/c1-15(27)26(11-12-26)10-9-17-5-3-6-20-23(17)35-14-4-13-33(20)24-21-19(8-7-18(28)22(21)29)34-16(2)31-32-25(34)30-24/h3,5-8,15H,4,11-14H2,1-2H3. The van der Waals surface area contributed by atoms with Gasteiger partial charge in [0.25, 0.3) is 5.78 Å². The number of nitrogens with zero attached hydrogens (tertiary/aromatic N) is 5. The quantitative estimate of drug-likeness (QED) is 0.368. The van der Waals surface area contributed by atoms with Crippen molar-refractivity contribution in [3.8, 4) is 17.6 Å². The van der Waals surface area contributed by atoms with E-state index in [0.29, 0.717) is 47.9 Å². The minimum atomic E-state index is -1.01. The molecular weight excluding hydrogens is 455 g/mol. The molecule has 178 valence electrons. The maximum absolute atomic E-state index is 15.3. The molecule has 1 atom stereocenters. The van der Waals surface area contributed by atoms with Crippen LogP contribution >= 0.6 is 0 Å². The number of para-hydroxylation sites is 1. The molecule has 6 nitrogen and oxygen atoms in total. The third-order valence-electron chi connectivity index (χ3n) is 6.86. The first kappa shape index (κ1) is 21.7. The predicted molar refractivity (Wildman–Crippen MR) is 126 cm³/mol. The average molecular weight is 477 g/mol. The number of ether oxygens (including phenoxy) is 1. The van der Waals surface area contributed by atoms with E-state index in [-0.39, 0.29) is 17.0 Å². The number of benzene rings is 2. The molecule has 35 heavy (non-hydrogen) atoms.